The average Bonchev–Trinajstić information content (AvgIpc) is 2.19. The van der Waals surface area contributed by atoms with Crippen LogP contribution in [0.3, 0.4) is 0 Å². The van der Waals surface area contributed by atoms with Crippen LogP contribution < -0.4 is 0 Å². The predicted octanol–water partition coefficient (Wildman–Crippen LogP) is 3.65. The smallest absolute Gasteiger partial charge is 0.304 e. The molecule has 0 saturated heterocycles. The first-order valence-corrected chi connectivity index (χ1v) is 5.14. The molecule has 1 N–H and O–H groups in total. The molecule has 18 heavy (non-hydrogen) atoms. The first-order chi connectivity index (χ1) is 8.15. The molecule has 6 heteroatoms. The topological polar surface area (TPSA) is 37.3 Å². The monoisotopic (exact) mass is 264 g/mol. The van der Waals surface area contributed by atoms with Gasteiger partial charge >= 0.3 is 5.97 Å². The minimum absolute atomic E-state index is 0.361. The van der Waals surface area contributed by atoms with E-state index in [2.05, 4.69) is 0 Å². The van der Waals surface area contributed by atoms with Crippen LogP contribution in [0.15, 0.2) is 12.1 Å². The fraction of sp³-hybridized carbons (Fsp3) is 0.417. The number of hydrogen-bond donors (Lipinski definition) is 1. The first-order valence-electron chi connectivity index (χ1n) is 5.14. The van der Waals surface area contributed by atoms with Gasteiger partial charge in [0.2, 0.25) is 0 Å². The molecule has 1 rings (SSSR count). The molecule has 0 unspecified atom stereocenters. The third-order valence-electron chi connectivity index (χ3n) is 2.62. The van der Waals surface area contributed by atoms with Gasteiger partial charge in [-0.2, -0.15) is 0 Å². The molecule has 0 aliphatic carbocycles. The van der Waals surface area contributed by atoms with Gasteiger partial charge in [-0.05, 0) is 17.7 Å². The van der Waals surface area contributed by atoms with Crippen molar-refractivity contribution in [3.63, 3.8) is 0 Å². The van der Waals surface area contributed by atoms with E-state index < -0.39 is 41.4 Å². The van der Waals surface area contributed by atoms with Gasteiger partial charge in [-0.1, -0.05) is 13.8 Å². The van der Waals surface area contributed by atoms with Crippen LogP contribution in [-0.2, 0) is 10.2 Å². The molecular formula is C12H12F4O2. The Kier molecular flexibility index (Phi) is 3.98. The zero-order chi connectivity index (χ0) is 14.1. The van der Waals surface area contributed by atoms with Crippen molar-refractivity contribution in [2.24, 2.45) is 0 Å². The van der Waals surface area contributed by atoms with Crippen molar-refractivity contribution in [1.82, 2.24) is 0 Å². The van der Waals surface area contributed by atoms with Crippen molar-refractivity contribution in [1.29, 1.82) is 0 Å². The predicted molar refractivity (Wildman–Crippen MR) is 56.6 cm³/mol. The van der Waals surface area contributed by atoms with E-state index in [0.29, 0.717) is 6.07 Å². The highest BCUT2D eigenvalue weighted by Gasteiger charge is 2.30. The van der Waals surface area contributed by atoms with Crippen molar-refractivity contribution < 1.29 is 27.5 Å². The third kappa shape index (κ3) is 3.00. The molecule has 1 aromatic carbocycles. The Balaban J connectivity index is 3.34. The summed E-state index contributed by atoms with van der Waals surface area (Å²) in [4.78, 5) is 10.6. The van der Waals surface area contributed by atoms with E-state index in [-0.39, 0.29) is 5.56 Å². The molecule has 0 atom stereocenters. The van der Waals surface area contributed by atoms with E-state index in [9.17, 15) is 22.4 Å². The van der Waals surface area contributed by atoms with Crippen molar-refractivity contribution in [2.45, 2.75) is 32.1 Å². The third-order valence-corrected chi connectivity index (χ3v) is 2.62. The highest BCUT2D eigenvalue weighted by molar-refractivity contribution is 5.69. The maximum atomic E-state index is 13.6. The normalized spacial score (nSPS) is 11.9. The van der Waals surface area contributed by atoms with E-state index >= 15 is 0 Å². The highest BCUT2D eigenvalue weighted by atomic mass is 19.3. The molecule has 0 aliphatic rings. The van der Waals surface area contributed by atoms with Gasteiger partial charge in [0.1, 0.15) is 0 Å². The summed E-state index contributed by atoms with van der Waals surface area (Å²) in [5.41, 5.74) is -2.30. The second-order valence-electron chi connectivity index (χ2n) is 4.62. The number of aliphatic carboxylic acids is 1. The molecule has 0 radical (unpaired) electrons. The number of benzene rings is 1. The van der Waals surface area contributed by atoms with Gasteiger partial charge in [-0.15, -0.1) is 0 Å². The number of carbonyl (C=O) groups is 1. The second kappa shape index (κ2) is 4.96. The number of rotatable bonds is 4. The van der Waals surface area contributed by atoms with Crippen LogP contribution in [0.25, 0.3) is 0 Å². The van der Waals surface area contributed by atoms with Gasteiger partial charge in [0, 0.05) is 11.0 Å². The second-order valence-corrected chi connectivity index (χ2v) is 4.62. The number of carboxylic acid groups (broad SMARTS) is 1. The van der Waals surface area contributed by atoms with Crippen LogP contribution >= 0.6 is 0 Å². The van der Waals surface area contributed by atoms with Crippen molar-refractivity contribution >= 4 is 5.97 Å². The Bertz CT molecular complexity index is 469. The zero-order valence-corrected chi connectivity index (χ0v) is 9.81. The van der Waals surface area contributed by atoms with E-state index in [1.54, 1.807) is 0 Å². The Hall–Kier alpha value is -1.59. The maximum absolute atomic E-state index is 13.6. The Morgan fingerprint density at radius 1 is 1.33 bits per heavy atom. The fourth-order valence-corrected chi connectivity index (χ4v) is 1.70. The molecule has 0 amide bonds. The lowest BCUT2D eigenvalue weighted by Gasteiger charge is -2.24. The summed E-state index contributed by atoms with van der Waals surface area (Å²) >= 11 is 0. The Labute approximate surface area is 101 Å². The van der Waals surface area contributed by atoms with Gasteiger partial charge < -0.3 is 5.11 Å². The Morgan fingerprint density at radius 3 is 2.33 bits per heavy atom. The molecule has 0 aliphatic heterocycles. The maximum Gasteiger partial charge on any atom is 0.304 e. The van der Waals surface area contributed by atoms with Crippen LogP contribution in [0.1, 0.15) is 37.8 Å². The minimum Gasteiger partial charge on any atom is -0.481 e. The molecule has 100 valence electrons. The lowest BCUT2D eigenvalue weighted by atomic mass is 9.80. The minimum atomic E-state index is -2.94. The summed E-state index contributed by atoms with van der Waals surface area (Å²) in [6.07, 6.45) is -3.43. The Morgan fingerprint density at radius 2 is 1.89 bits per heavy atom. The van der Waals surface area contributed by atoms with Crippen molar-refractivity contribution in [2.75, 3.05) is 0 Å². The number of hydrogen-bond acceptors (Lipinski definition) is 1. The molecule has 0 aromatic heterocycles. The standard InChI is InChI=1S/C12H12F4O2/c1-12(2,5-9(17)18)7-3-6(11(15)16)4-8(13)10(7)14/h3-4,11H,5H2,1-2H3,(H,17,18). The summed E-state index contributed by atoms with van der Waals surface area (Å²) in [6, 6.07) is 1.23. The summed E-state index contributed by atoms with van der Waals surface area (Å²) in [7, 11) is 0. The van der Waals surface area contributed by atoms with Gasteiger partial charge in [0.05, 0.1) is 6.42 Å². The molecule has 0 heterocycles. The molecule has 0 saturated carbocycles. The largest absolute Gasteiger partial charge is 0.481 e. The molecule has 0 fully saturated rings. The molecule has 2 nitrogen and oxygen atoms in total. The average molecular weight is 264 g/mol. The van der Waals surface area contributed by atoms with Crippen LogP contribution in [0, 0.1) is 11.6 Å². The van der Waals surface area contributed by atoms with E-state index in [1.165, 1.54) is 13.8 Å². The zero-order valence-electron chi connectivity index (χ0n) is 9.81. The van der Waals surface area contributed by atoms with Crippen LogP contribution in [0.5, 0.6) is 0 Å². The summed E-state index contributed by atoms with van der Waals surface area (Å²) in [5, 5.41) is 8.68. The van der Waals surface area contributed by atoms with Gasteiger partial charge in [-0.25, -0.2) is 17.6 Å². The van der Waals surface area contributed by atoms with Crippen molar-refractivity contribution in [3.8, 4) is 0 Å². The first kappa shape index (κ1) is 14.5. The van der Waals surface area contributed by atoms with Crippen LogP contribution in [0.2, 0.25) is 0 Å². The molecule has 1 aromatic rings. The molecule has 0 spiro atoms. The quantitative estimate of drug-likeness (QED) is 0.843. The molecular weight excluding hydrogens is 252 g/mol. The van der Waals surface area contributed by atoms with Gasteiger partial charge in [0.15, 0.2) is 11.6 Å². The van der Waals surface area contributed by atoms with E-state index in [1.807, 2.05) is 0 Å². The fourth-order valence-electron chi connectivity index (χ4n) is 1.70. The van der Waals surface area contributed by atoms with Crippen molar-refractivity contribution in [3.05, 3.63) is 34.9 Å². The summed E-state index contributed by atoms with van der Waals surface area (Å²) in [6.45, 7) is 2.71. The van der Waals surface area contributed by atoms with Crippen LogP contribution in [-0.4, -0.2) is 11.1 Å². The van der Waals surface area contributed by atoms with E-state index in [0.717, 1.165) is 6.07 Å². The highest BCUT2D eigenvalue weighted by Crippen LogP contribution is 2.33. The number of alkyl halides is 2. The lowest BCUT2D eigenvalue weighted by Crippen LogP contribution is -2.24. The van der Waals surface area contributed by atoms with Gasteiger partial charge in [0.25, 0.3) is 6.43 Å². The number of halogens is 4. The SMILES string of the molecule is CC(C)(CC(=O)O)c1cc(C(F)F)cc(F)c1F. The summed E-state index contributed by atoms with van der Waals surface area (Å²) < 4.78 is 51.8. The summed E-state index contributed by atoms with van der Waals surface area (Å²) in [5.74, 6) is -3.91. The number of carboxylic acids is 1. The van der Waals surface area contributed by atoms with E-state index in [4.69, 9.17) is 5.11 Å². The molecule has 0 bridgehead atoms. The van der Waals surface area contributed by atoms with Crippen LogP contribution in [0.4, 0.5) is 17.6 Å². The van der Waals surface area contributed by atoms with Gasteiger partial charge in [-0.3, -0.25) is 4.79 Å². The lowest BCUT2D eigenvalue weighted by molar-refractivity contribution is -0.138.